The Morgan fingerprint density at radius 3 is 2.50 bits per heavy atom. The molecule has 0 unspecified atom stereocenters. The molecule has 4 rings (SSSR count). The minimum Gasteiger partial charge on any atom is -0.481 e. The van der Waals surface area contributed by atoms with Gasteiger partial charge in [-0.25, -0.2) is 4.39 Å². The standard InChI is InChI=1S/C23H24ClF4N3O3/c24-16-6-5-15(18(25)10-16)11-31-19-12-30(8-7-17(19)21(29-31)23(26,27)28)20(32)9-13-1-3-14(4-2-13)22(33)34/h5-6,10,13-14H,1-4,7-9,11-12H2,(H,33,34)/t13-,14+. The van der Waals surface area contributed by atoms with Gasteiger partial charge in [-0.3, -0.25) is 14.3 Å². The van der Waals surface area contributed by atoms with Gasteiger partial charge in [0.1, 0.15) is 5.82 Å². The van der Waals surface area contributed by atoms with Crippen molar-refractivity contribution >= 4 is 23.5 Å². The molecule has 2 heterocycles. The zero-order valence-corrected chi connectivity index (χ0v) is 19.0. The lowest BCUT2D eigenvalue weighted by Crippen LogP contribution is -2.38. The van der Waals surface area contributed by atoms with Gasteiger partial charge in [-0.1, -0.05) is 17.7 Å². The van der Waals surface area contributed by atoms with Crippen molar-refractivity contribution in [1.82, 2.24) is 14.7 Å². The van der Waals surface area contributed by atoms with E-state index in [1.807, 2.05) is 0 Å². The molecular formula is C23H24ClF4N3O3. The fraction of sp³-hybridized carbons (Fsp3) is 0.522. The van der Waals surface area contributed by atoms with E-state index in [0.29, 0.717) is 25.7 Å². The van der Waals surface area contributed by atoms with Crippen LogP contribution in [0.5, 0.6) is 0 Å². The van der Waals surface area contributed by atoms with Crippen LogP contribution < -0.4 is 0 Å². The molecule has 34 heavy (non-hydrogen) atoms. The molecular weight excluding hydrogens is 478 g/mol. The number of fused-ring (bicyclic) bond motifs is 1. The van der Waals surface area contributed by atoms with Crippen LogP contribution in [0.15, 0.2) is 18.2 Å². The molecule has 1 N–H and O–H groups in total. The van der Waals surface area contributed by atoms with E-state index in [-0.39, 0.29) is 72.1 Å². The van der Waals surface area contributed by atoms with Crippen molar-refractivity contribution < 1.29 is 32.3 Å². The summed E-state index contributed by atoms with van der Waals surface area (Å²) in [7, 11) is 0. The van der Waals surface area contributed by atoms with Gasteiger partial charge in [-0.05, 0) is 50.2 Å². The van der Waals surface area contributed by atoms with E-state index in [4.69, 9.17) is 16.7 Å². The minimum atomic E-state index is -4.66. The van der Waals surface area contributed by atoms with E-state index in [0.717, 1.165) is 10.7 Å². The van der Waals surface area contributed by atoms with Gasteiger partial charge in [0.05, 0.1) is 24.7 Å². The average molecular weight is 502 g/mol. The Morgan fingerprint density at radius 1 is 1.18 bits per heavy atom. The lowest BCUT2D eigenvalue weighted by molar-refractivity contribution is -0.143. The molecule has 1 saturated carbocycles. The van der Waals surface area contributed by atoms with Crippen molar-refractivity contribution in [2.45, 2.75) is 57.8 Å². The van der Waals surface area contributed by atoms with E-state index < -0.39 is 23.7 Å². The van der Waals surface area contributed by atoms with Crippen molar-refractivity contribution in [1.29, 1.82) is 0 Å². The molecule has 1 aromatic carbocycles. The van der Waals surface area contributed by atoms with Crippen LogP contribution in [-0.2, 0) is 35.3 Å². The first kappa shape index (κ1) is 24.5. The Labute approximate surface area is 198 Å². The van der Waals surface area contributed by atoms with Crippen molar-refractivity contribution in [3.63, 3.8) is 0 Å². The first-order valence-electron chi connectivity index (χ1n) is 11.1. The zero-order chi connectivity index (χ0) is 24.6. The lowest BCUT2D eigenvalue weighted by atomic mass is 9.80. The van der Waals surface area contributed by atoms with Crippen molar-refractivity contribution in [2.24, 2.45) is 11.8 Å². The molecule has 184 valence electrons. The number of carboxylic acids is 1. The van der Waals surface area contributed by atoms with Crippen LogP contribution >= 0.6 is 11.6 Å². The van der Waals surface area contributed by atoms with Crippen LogP contribution in [0.4, 0.5) is 17.6 Å². The minimum absolute atomic E-state index is 0.00473. The van der Waals surface area contributed by atoms with Crippen LogP contribution in [0.2, 0.25) is 5.02 Å². The molecule has 1 aliphatic carbocycles. The number of carbonyl (C=O) groups is 2. The fourth-order valence-electron chi connectivity index (χ4n) is 4.85. The molecule has 1 fully saturated rings. The number of nitrogens with zero attached hydrogens (tertiary/aromatic N) is 3. The normalized spacial score (nSPS) is 20.8. The van der Waals surface area contributed by atoms with Crippen LogP contribution in [-0.4, -0.2) is 38.2 Å². The van der Waals surface area contributed by atoms with Gasteiger partial charge >= 0.3 is 12.1 Å². The Bertz CT molecular complexity index is 1090. The number of rotatable bonds is 5. The smallest absolute Gasteiger partial charge is 0.435 e. The van der Waals surface area contributed by atoms with Crippen LogP contribution in [0, 0.1) is 17.7 Å². The SMILES string of the molecule is O=C(C[C@H]1CC[C@@H](C(=O)O)CC1)N1CCc2c(C(F)(F)F)nn(Cc3ccc(Cl)cc3F)c2C1. The fourth-order valence-corrected chi connectivity index (χ4v) is 5.01. The Kier molecular flexibility index (Phi) is 6.89. The maximum absolute atomic E-state index is 14.3. The van der Waals surface area contributed by atoms with Crippen molar-refractivity contribution in [3.8, 4) is 0 Å². The Hall–Kier alpha value is -2.62. The molecule has 0 radical (unpaired) electrons. The number of hydrogen-bond acceptors (Lipinski definition) is 3. The highest BCUT2D eigenvalue weighted by atomic mass is 35.5. The van der Waals surface area contributed by atoms with E-state index >= 15 is 0 Å². The predicted molar refractivity (Wildman–Crippen MR) is 115 cm³/mol. The van der Waals surface area contributed by atoms with Crippen LogP contribution in [0.1, 0.15) is 54.6 Å². The van der Waals surface area contributed by atoms with Gasteiger partial charge in [0.25, 0.3) is 0 Å². The predicted octanol–water partition coefficient (Wildman–Crippen LogP) is 4.91. The molecule has 6 nitrogen and oxygen atoms in total. The number of halogens is 5. The summed E-state index contributed by atoms with van der Waals surface area (Å²) in [6.07, 6.45) is -2.12. The number of carbonyl (C=O) groups excluding carboxylic acids is 1. The number of benzene rings is 1. The highest BCUT2D eigenvalue weighted by Crippen LogP contribution is 2.36. The first-order valence-corrected chi connectivity index (χ1v) is 11.5. The summed E-state index contributed by atoms with van der Waals surface area (Å²) in [6.45, 7) is -0.125. The van der Waals surface area contributed by atoms with E-state index in [9.17, 15) is 27.2 Å². The largest absolute Gasteiger partial charge is 0.481 e. The third kappa shape index (κ3) is 5.21. The Morgan fingerprint density at radius 2 is 1.88 bits per heavy atom. The monoisotopic (exact) mass is 501 g/mol. The second-order valence-corrected chi connectivity index (χ2v) is 9.43. The highest BCUT2D eigenvalue weighted by molar-refractivity contribution is 6.30. The summed E-state index contributed by atoms with van der Waals surface area (Å²) in [4.78, 5) is 25.6. The van der Waals surface area contributed by atoms with Gasteiger partial charge in [-0.15, -0.1) is 0 Å². The number of aromatic nitrogens is 2. The molecule has 0 atom stereocenters. The average Bonchev–Trinajstić information content (AvgIpc) is 3.14. The molecule has 11 heteroatoms. The molecule has 1 aromatic heterocycles. The summed E-state index contributed by atoms with van der Waals surface area (Å²) < 4.78 is 56.3. The second-order valence-electron chi connectivity index (χ2n) is 8.99. The summed E-state index contributed by atoms with van der Waals surface area (Å²) >= 11 is 5.77. The molecule has 0 saturated heterocycles. The summed E-state index contributed by atoms with van der Waals surface area (Å²) in [6, 6.07) is 3.94. The molecule has 1 amide bonds. The number of amides is 1. The first-order chi connectivity index (χ1) is 16.0. The molecule has 0 spiro atoms. The van der Waals surface area contributed by atoms with Gasteiger partial charge in [0.15, 0.2) is 5.69 Å². The number of hydrogen-bond donors (Lipinski definition) is 1. The second kappa shape index (κ2) is 9.56. The summed E-state index contributed by atoms with van der Waals surface area (Å²) in [5, 5.41) is 13.1. The molecule has 2 aliphatic rings. The molecule has 0 bridgehead atoms. The number of alkyl halides is 3. The number of aliphatic carboxylic acids is 1. The molecule has 1 aliphatic heterocycles. The Balaban J connectivity index is 1.52. The molecule has 2 aromatic rings. The van der Waals surface area contributed by atoms with Crippen LogP contribution in [0.3, 0.4) is 0 Å². The third-order valence-electron chi connectivity index (χ3n) is 6.75. The third-order valence-corrected chi connectivity index (χ3v) is 6.99. The van der Waals surface area contributed by atoms with Gasteiger partial charge in [0.2, 0.25) is 5.91 Å². The maximum atomic E-state index is 14.3. The van der Waals surface area contributed by atoms with Gasteiger partial charge in [-0.2, -0.15) is 18.3 Å². The van der Waals surface area contributed by atoms with Gasteiger partial charge < -0.3 is 10.0 Å². The number of carboxylic acid groups (broad SMARTS) is 1. The van der Waals surface area contributed by atoms with E-state index in [1.54, 1.807) is 0 Å². The zero-order valence-electron chi connectivity index (χ0n) is 18.2. The lowest BCUT2D eigenvalue weighted by Gasteiger charge is -2.31. The summed E-state index contributed by atoms with van der Waals surface area (Å²) in [5.74, 6) is -1.97. The maximum Gasteiger partial charge on any atom is 0.435 e. The van der Waals surface area contributed by atoms with Gasteiger partial charge in [0, 0.05) is 29.1 Å². The van der Waals surface area contributed by atoms with Crippen molar-refractivity contribution in [3.05, 3.63) is 51.6 Å². The quantitative estimate of drug-likeness (QED) is 0.591. The topological polar surface area (TPSA) is 75.4 Å². The van der Waals surface area contributed by atoms with E-state index in [2.05, 4.69) is 5.10 Å². The van der Waals surface area contributed by atoms with E-state index in [1.165, 1.54) is 17.0 Å². The van der Waals surface area contributed by atoms with Crippen LogP contribution in [0.25, 0.3) is 0 Å². The summed E-state index contributed by atoms with van der Waals surface area (Å²) in [5.41, 5.74) is -0.582. The highest BCUT2D eigenvalue weighted by Gasteiger charge is 2.41. The van der Waals surface area contributed by atoms with Crippen molar-refractivity contribution in [2.75, 3.05) is 6.54 Å².